The van der Waals surface area contributed by atoms with E-state index in [0.29, 0.717) is 10.4 Å². The maximum atomic E-state index is 11.9. The predicted octanol–water partition coefficient (Wildman–Crippen LogP) is 0.578. The molecule has 0 saturated carbocycles. The predicted molar refractivity (Wildman–Crippen MR) is 68.1 cm³/mol. The molecule has 0 aliphatic heterocycles. The smallest absolute Gasteiger partial charge is 0.384 e. The molecule has 0 fully saturated rings. The Labute approximate surface area is 118 Å². The van der Waals surface area contributed by atoms with Gasteiger partial charge in [0.1, 0.15) is 13.2 Å². The van der Waals surface area contributed by atoms with E-state index in [1.807, 2.05) is 4.72 Å². The number of nitrogens with one attached hydrogen (secondary N) is 2. The minimum Gasteiger partial charge on any atom is -0.384 e. The van der Waals surface area contributed by atoms with E-state index in [-0.39, 0.29) is 13.2 Å². The van der Waals surface area contributed by atoms with Crippen molar-refractivity contribution in [1.29, 1.82) is 0 Å². The summed E-state index contributed by atoms with van der Waals surface area (Å²) in [4.78, 5) is 0.545. The number of aliphatic hydroxyl groups is 1. The normalized spacial score (nSPS) is 12.0. The fourth-order valence-electron chi connectivity index (χ4n) is 1.11. The lowest BCUT2D eigenvalue weighted by Crippen LogP contribution is -2.41. The molecule has 0 aliphatic carbocycles. The van der Waals surface area contributed by atoms with Gasteiger partial charge in [0.15, 0.2) is 0 Å². The first-order valence-corrected chi connectivity index (χ1v) is 7.57. The van der Waals surface area contributed by atoms with Crippen molar-refractivity contribution in [3.8, 4) is 11.8 Å². The Morgan fingerprint density at radius 3 is 2.65 bits per heavy atom. The van der Waals surface area contributed by atoms with Gasteiger partial charge in [-0.25, -0.2) is 0 Å². The Morgan fingerprint density at radius 2 is 2.05 bits per heavy atom. The third kappa shape index (κ3) is 6.36. The highest BCUT2D eigenvalue weighted by Gasteiger charge is 2.29. The first kappa shape index (κ1) is 16.9. The van der Waals surface area contributed by atoms with Crippen molar-refractivity contribution in [3.63, 3.8) is 0 Å². The first-order chi connectivity index (χ1) is 9.23. The summed E-state index contributed by atoms with van der Waals surface area (Å²) in [6.07, 6.45) is -4.62. The van der Waals surface area contributed by atoms with E-state index in [9.17, 15) is 21.6 Å². The molecular weight excluding hydrogens is 317 g/mol. The average Bonchev–Trinajstić information content (AvgIpc) is 2.78. The van der Waals surface area contributed by atoms with Crippen LogP contribution in [0.15, 0.2) is 11.4 Å². The second-order valence-corrected chi connectivity index (χ2v) is 6.06. The summed E-state index contributed by atoms with van der Waals surface area (Å²) < 4.78 is 61.7. The molecule has 0 amide bonds. The molecule has 0 aromatic carbocycles. The summed E-state index contributed by atoms with van der Waals surface area (Å²) in [7, 11) is -4.24. The third-order valence-electron chi connectivity index (χ3n) is 1.93. The second kappa shape index (κ2) is 7.05. The van der Waals surface area contributed by atoms with Gasteiger partial charge in [-0.3, -0.25) is 0 Å². The van der Waals surface area contributed by atoms with E-state index < -0.39 is 22.9 Å². The third-order valence-corrected chi connectivity index (χ3v) is 3.90. The molecule has 0 spiro atoms. The lowest BCUT2D eigenvalue weighted by Gasteiger charge is -2.09. The number of hydrogen-bond acceptors (Lipinski definition) is 4. The van der Waals surface area contributed by atoms with Gasteiger partial charge in [-0.1, -0.05) is 11.8 Å². The summed E-state index contributed by atoms with van der Waals surface area (Å²) in [6.45, 7) is -2.15. The summed E-state index contributed by atoms with van der Waals surface area (Å²) in [5.74, 6) is 5.01. The van der Waals surface area contributed by atoms with Crippen LogP contribution in [0, 0.1) is 11.8 Å². The maximum absolute atomic E-state index is 11.9. The standard InChI is InChI=1S/C10H11F3N2O3S2/c11-10(12,13)7-15-20(17,18)14-6-9-8(2-1-4-16)3-5-19-9/h3,5,14-16H,4,6-7H2. The number of halogens is 3. The van der Waals surface area contributed by atoms with Gasteiger partial charge >= 0.3 is 6.18 Å². The van der Waals surface area contributed by atoms with Gasteiger partial charge in [-0.15, -0.1) is 11.3 Å². The molecule has 112 valence electrons. The second-order valence-electron chi connectivity index (χ2n) is 3.48. The molecule has 0 aliphatic rings. The molecule has 0 bridgehead atoms. The van der Waals surface area contributed by atoms with Crippen LogP contribution in [-0.4, -0.2) is 32.9 Å². The van der Waals surface area contributed by atoms with Crippen LogP contribution in [0.3, 0.4) is 0 Å². The van der Waals surface area contributed by atoms with Gasteiger partial charge in [-0.05, 0) is 11.4 Å². The number of thiophene rings is 1. The van der Waals surface area contributed by atoms with Gasteiger partial charge in [0, 0.05) is 17.0 Å². The number of alkyl halides is 3. The van der Waals surface area contributed by atoms with E-state index in [0.717, 1.165) is 0 Å². The Morgan fingerprint density at radius 1 is 1.35 bits per heavy atom. The molecule has 0 atom stereocenters. The zero-order chi connectivity index (χ0) is 15.2. The maximum Gasteiger partial charge on any atom is 0.402 e. The number of hydrogen-bond donors (Lipinski definition) is 3. The van der Waals surface area contributed by atoms with Crippen molar-refractivity contribution in [2.24, 2.45) is 0 Å². The minimum atomic E-state index is -4.62. The zero-order valence-electron chi connectivity index (χ0n) is 9.99. The van der Waals surface area contributed by atoms with Crippen LogP contribution in [0.2, 0.25) is 0 Å². The molecule has 1 heterocycles. The van der Waals surface area contributed by atoms with Gasteiger partial charge in [0.05, 0.1) is 0 Å². The van der Waals surface area contributed by atoms with Gasteiger partial charge in [0.2, 0.25) is 0 Å². The highest BCUT2D eigenvalue weighted by Crippen LogP contribution is 2.16. The Bertz CT molecular complexity index is 599. The van der Waals surface area contributed by atoms with E-state index in [4.69, 9.17) is 5.11 Å². The summed E-state index contributed by atoms with van der Waals surface area (Å²) in [6, 6.07) is 1.63. The lowest BCUT2D eigenvalue weighted by atomic mass is 10.2. The monoisotopic (exact) mass is 328 g/mol. The van der Waals surface area contributed by atoms with Crippen molar-refractivity contribution in [2.75, 3.05) is 13.2 Å². The van der Waals surface area contributed by atoms with Crippen molar-refractivity contribution < 1.29 is 26.7 Å². The Hall–Kier alpha value is -1.12. The summed E-state index contributed by atoms with van der Waals surface area (Å²) in [5.41, 5.74) is 0.516. The number of aliphatic hydroxyl groups excluding tert-OH is 1. The molecular formula is C10H11F3N2O3S2. The largest absolute Gasteiger partial charge is 0.402 e. The summed E-state index contributed by atoms with van der Waals surface area (Å²) in [5, 5.41) is 10.2. The van der Waals surface area contributed by atoms with Crippen molar-refractivity contribution in [1.82, 2.24) is 9.44 Å². The molecule has 20 heavy (non-hydrogen) atoms. The van der Waals surface area contributed by atoms with Gasteiger partial charge in [-0.2, -0.15) is 31.0 Å². The summed E-state index contributed by atoms with van der Waals surface area (Å²) >= 11 is 1.20. The molecule has 1 rings (SSSR count). The van der Waals surface area contributed by atoms with Crippen molar-refractivity contribution >= 4 is 21.5 Å². The van der Waals surface area contributed by atoms with Crippen LogP contribution in [0.4, 0.5) is 13.2 Å². The van der Waals surface area contributed by atoms with Crippen LogP contribution in [0.5, 0.6) is 0 Å². The van der Waals surface area contributed by atoms with Gasteiger partial charge in [0.25, 0.3) is 10.2 Å². The fourth-order valence-corrected chi connectivity index (χ4v) is 2.76. The highest BCUT2D eigenvalue weighted by molar-refractivity contribution is 7.87. The molecule has 1 aromatic heterocycles. The lowest BCUT2D eigenvalue weighted by molar-refractivity contribution is -0.121. The molecule has 1 aromatic rings. The zero-order valence-corrected chi connectivity index (χ0v) is 11.6. The van der Waals surface area contributed by atoms with E-state index in [1.54, 1.807) is 11.4 Å². The van der Waals surface area contributed by atoms with Crippen LogP contribution >= 0.6 is 11.3 Å². The molecule has 10 heteroatoms. The van der Waals surface area contributed by atoms with E-state index in [2.05, 4.69) is 11.8 Å². The molecule has 5 nitrogen and oxygen atoms in total. The molecule has 3 N–H and O–H groups in total. The van der Waals surface area contributed by atoms with Crippen molar-refractivity contribution in [3.05, 3.63) is 21.9 Å². The fraction of sp³-hybridized carbons (Fsp3) is 0.400. The first-order valence-electron chi connectivity index (χ1n) is 5.20. The quantitative estimate of drug-likeness (QED) is 0.692. The van der Waals surface area contributed by atoms with Crippen LogP contribution in [0.25, 0.3) is 0 Å². The van der Waals surface area contributed by atoms with Crippen LogP contribution in [-0.2, 0) is 16.8 Å². The van der Waals surface area contributed by atoms with Crippen LogP contribution < -0.4 is 9.44 Å². The minimum absolute atomic E-state index is 0.180. The SMILES string of the molecule is O=S(=O)(NCc1sccc1C#CCO)NCC(F)(F)F. The van der Waals surface area contributed by atoms with Crippen molar-refractivity contribution in [2.45, 2.75) is 12.7 Å². The van der Waals surface area contributed by atoms with E-state index in [1.165, 1.54) is 16.1 Å². The Kier molecular flexibility index (Phi) is 5.97. The molecule has 0 radical (unpaired) electrons. The topological polar surface area (TPSA) is 78.4 Å². The van der Waals surface area contributed by atoms with Gasteiger partial charge < -0.3 is 5.11 Å². The molecule has 0 saturated heterocycles. The number of rotatable bonds is 5. The highest BCUT2D eigenvalue weighted by atomic mass is 32.2. The Balaban J connectivity index is 2.61. The average molecular weight is 328 g/mol. The molecule has 0 unspecified atom stereocenters. The van der Waals surface area contributed by atoms with E-state index >= 15 is 0 Å². The van der Waals surface area contributed by atoms with Crippen LogP contribution in [0.1, 0.15) is 10.4 Å².